The van der Waals surface area contributed by atoms with E-state index in [0.29, 0.717) is 6.54 Å². The first-order chi connectivity index (χ1) is 10.3. The minimum Gasteiger partial charge on any atom is -0.394 e. The third-order valence-electron chi connectivity index (χ3n) is 3.77. The highest BCUT2D eigenvalue weighted by atomic mass is 16.3. The molecule has 0 saturated carbocycles. The fraction of sp³-hybridized carbons (Fsp3) is 0.500. The third-order valence-corrected chi connectivity index (χ3v) is 3.77. The monoisotopic (exact) mass is 288 g/mol. The topological polar surface area (TPSA) is 79.1 Å². The molecule has 112 valence electrons. The Morgan fingerprint density at radius 1 is 1.43 bits per heavy atom. The first-order valence-electron chi connectivity index (χ1n) is 7.17. The summed E-state index contributed by atoms with van der Waals surface area (Å²) in [4.78, 5) is 10.7. The minimum atomic E-state index is 0.169. The van der Waals surface area contributed by atoms with Gasteiger partial charge in [0, 0.05) is 38.0 Å². The maximum atomic E-state index is 9.41. The summed E-state index contributed by atoms with van der Waals surface area (Å²) in [5, 5.41) is 16.8. The zero-order valence-electron chi connectivity index (χ0n) is 12.1. The average molecular weight is 288 g/mol. The van der Waals surface area contributed by atoms with E-state index in [-0.39, 0.29) is 12.6 Å². The molecule has 0 aliphatic carbocycles. The molecule has 2 N–H and O–H groups in total. The maximum absolute atomic E-state index is 9.41. The Morgan fingerprint density at radius 3 is 3.10 bits per heavy atom. The maximum Gasteiger partial charge on any atom is 0.134 e. The lowest BCUT2D eigenvalue weighted by Gasteiger charge is -2.24. The standard InChI is InChI=1S/C14H20N6O/c1-19-8-11(7-18-19)6-15-13-5-14(17-10-16-13)20-4-2-3-12(20)9-21/h5,7-8,10,12,21H,2-4,6,9H2,1H3,(H,15,16,17). The largest absolute Gasteiger partial charge is 0.394 e. The van der Waals surface area contributed by atoms with E-state index < -0.39 is 0 Å². The molecular formula is C14H20N6O. The molecule has 0 amide bonds. The molecule has 1 aliphatic heterocycles. The molecule has 1 fully saturated rings. The quantitative estimate of drug-likeness (QED) is 0.846. The first-order valence-corrected chi connectivity index (χ1v) is 7.17. The van der Waals surface area contributed by atoms with E-state index >= 15 is 0 Å². The molecule has 7 nitrogen and oxygen atoms in total. The third kappa shape index (κ3) is 3.13. The number of nitrogens with one attached hydrogen (secondary N) is 1. The molecule has 1 saturated heterocycles. The van der Waals surface area contributed by atoms with Gasteiger partial charge < -0.3 is 15.3 Å². The van der Waals surface area contributed by atoms with Gasteiger partial charge in [0.2, 0.25) is 0 Å². The Bertz CT molecular complexity index is 599. The van der Waals surface area contributed by atoms with Crippen LogP contribution in [0.2, 0.25) is 0 Å². The molecule has 7 heteroatoms. The Labute approximate surface area is 123 Å². The van der Waals surface area contributed by atoms with Gasteiger partial charge in [0.15, 0.2) is 0 Å². The molecule has 0 radical (unpaired) electrons. The first kappa shape index (κ1) is 13.8. The number of aliphatic hydroxyl groups is 1. The molecule has 0 bridgehead atoms. The Kier molecular flexibility index (Phi) is 4.01. The molecule has 1 unspecified atom stereocenters. The number of aromatic nitrogens is 4. The minimum absolute atomic E-state index is 0.169. The normalized spacial score (nSPS) is 18.2. The van der Waals surface area contributed by atoms with Crippen LogP contribution in [-0.2, 0) is 13.6 Å². The van der Waals surface area contributed by atoms with Crippen molar-refractivity contribution in [1.29, 1.82) is 0 Å². The number of aryl methyl sites for hydroxylation is 1. The van der Waals surface area contributed by atoms with E-state index in [0.717, 1.165) is 36.6 Å². The lowest BCUT2D eigenvalue weighted by molar-refractivity contribution is 0.266. The number of hydrogen-bond donors (Lipinski definition) is 2. The van der Waals surface area contributed by atoms with Gasteiger partial charge in [0.25, 0.3) is 0 Å². The Hall–Kier alpha value is -2.15. The SMILES string of the molecule is Cn1cc(CNc2cc(N3CCCC3CO)ncn2)cn1. The number of hydrogen-bond acceptors (Lipinski definition) is 6. The highest BCUT2D eigenvalue weighted by Crippen LogP contribution is 2.24. The van der Waals surface area contributed by atoms with E-state index in [2.05, 4.69) is 25.3 Å². The van der Waals surface area contributed by atoms with Gasteiger partial charge >= 0.3 is 0 Å². The summed E-state index contributed by atoms with van der Waals surface area (Å²) < 4.78 is 1.78. The summed E-state index contributed by atoms with van der Waals surface area (Å²) in [7, 11) is 1.90. The van der Waals surface area contributed by atoms with Crippen molar-refractivity contribution < 1.29 is 5.11 Å². The number of rotatable bonds is 5. The lowest BCUT2D eigenvalue weighted by atomic mass is 10.2. The van der Waals surface area contributed by atoms with Crippen LogP contribution in [0.25, 0.3) is 0 Å². The molecule has 3 heterocycles. The van der Waals surface area contributed by atoms with Crippen molar-refractivity contribution in [2.24, 2.45) is 7.05 Å². The van der Waals surface area contributed by atoms with Gasteiger partial charge in [-0.3, -0.25) is 4.68 Å². The predicted molar refractivity (Wildman–Crippen MR) is 80.0 cm³/mol. The second-order valence-electron chi connectivity index (χ2n) is 5.31. The van der Waals surface area contributed by atoms with Crippen LogP contribution in [0, 0.1) is 0 Å². The van der Waals surface area contributed by atoms with Crippen molar-refractivity contribution in [1.82, 2.24) is 19.7 Å². The van der Waals surface area contributed by atoms with Crippen molar-refractivity contribution in [2.75, 3.05) is 23.4 Å². The molecule has 2 aromatic rings. The van der Waals surface area contributed by atoms with E-state index in [1.165, 1.54) is 0 Å². The molecule has 2 aromatic heterocycles. The summed E-state index contributed by atoms with van der Waals surface area (Å²) >= 11 is 0. The molecule has 0 aromatic carbocycles. The molecular weight excluding hydrogens is 268 g/mol. The van der Waals surface area contributed by atoms with Crippen LogP contribution >= 0.6 is 0 Å². The van der Waals surface area contributed by atoms with Gasteiger partial charge in [0.05, 0.1) is 18.8 Å². The van der Waals surface area contributed by atoms with Gasteiger partial charge in [-0.05, 0) is 12.8 Å². The van der Waals surface area contributed by atoms with Crippen molar-refractivity contribution >= 4 is 11.6 Å². The van der Waals surface area contributed by atoms with Crippen LogP contribution in [-0.4, -0.2) is 44.0 Å². The molecule has 0 spiro atoms. The van der Waals surface area contributed by atoms with Crippen LogP contribution in [0.1, 0.15) is 18.4 Å². The van der Waals surface area contributed by atoms with Gasteiger partial charge in [-0.25, -0.2) is 9.97 Å². The van der Waals surface area contributed by atoms with Gasteiger partial charge in [0.1, 0.15) is 18.0 Å². The van der Waals surface area contributed by atoms with E-state index in [1.54, 1.807) is 11.0 Å². The number of aliphatic hydroxyl groups excluding tert-OH is 1. The summed E-state index contributed by atoms with van der Waals surface area (Å²) in [5.74, 6) is 1.66. The Morgan fingerprint density at radius 2 is 2.33 bits per heavy atom. The van der Waals surface area contributed by atoms with E-state index in [9.17, 15) is 5.11 Å². The molecule has 3 rings (SSSR count). The molecule has 1 aliphatic rings. The molecule has 1 atom stereocenters. The van der Waals surface area contributed by atoms with Crippen LogP contribution < -0.4 is 10.2 Å². The molecule has 21 heavy (non-hydrogen) atoms. The lowest BCUT2D eigenvalue weighted by Crippen LogP contribution is -2.32. The van der Waals surface area contributed by atoms with Crippen LogP contribution in [0.5, 0.6) is 0 Å². The van der Waals surface area contributed by atoms with Gasteiger partial charge in [-0.15, -0.1) is 0 Å². The second-order valence-corrected chi connectivity index (χ2v) is 5.31. The second kappa shape index (κ2) is 6.09. The smallest absolute Gasteiger partial charge is 0.134 e. The average Bonchev–Trinajstić information content (AvgIpc) is 3.14. The number of nitrogens with zero attached hydrogens (tertiary/aromatic N) is 5. The van der Waals surface area contributed by atoms with Crippen molar-refractivity contribution in [3.63, 3.8) is 0 Å². The van der Waals surface area contributed by atoms with Gasteiger partial charge in [-0.1, -0.05) is 0 Å². The van der Waals surface area contributed by atoms with E-state index in [4.69, 9.17) is 0 Å². The van der Waals surface area contributed by atoms with Crippen LogP contribution in [0.15, 0.2) is 24.8 Å². The summed E-state index contributed by atoms with van der Waals surface area (Å²) in [5.41, 5.74) is 1.10. The highest BCUT2D eigenvalue weighted by Gasteiger charge is 2.25. The summed E-state index contributed by atoms with van der Waals surface area (Å²) in [6.45, 7) is 1.78. The van der Waals surface area contributed by atoms with Crippen LogP contribution in [0.4, 0.5) is 11.6 Å². The van der Waals surface area contributed by atoms with Crippen LogP contribution in [0.3, 0.4) is 0 Å². The zero-order chi connectivity index (χ0) is 14.7. The van der Waals surface area contributed by atoms with Crippen molar-refractivity contribution in [3.05, 3.63) is 30.4 Å². The van der Waals surface area contributed by atoms with Crippen molar-refractivity contribution in [2.45, 2.75) is 25.4 Å². The number of anilines is 2. The predicted octanol–water partition coefficient (Wildman–Crippen LogP) is 0.783. The van der Waals surface area contributed by atoms with Gasteiger partial charge in [-0.2, -0.15) is 5.10 Å². The Balaban J connectivity index is 1.68. The fourth-order valence-electron chi connectivity index (χ4n) is 2.68. The fourth-order valence-corrected chi connectivity index (χ4v) is 2.68. The van der Waals surface area contributed by atoms with Crippen molar-refractivity contribution in [3.8, 4) is 0 Å². The van der Waals surface area contributed by atoms with E-state index in [1.807, 2.05) is 25.5 Å². The summed E-state index contributed by atoms with van der Waals surface area (Å²) in [6.07, 6.45) is 7.47. The zero-order valence-corrected chi connectivity index (χ0v) is 12.1. The summed E-state index contributed by atoms with van der Waals surface area (Å²) in [6, 6.07) is 2.11. The highest BCUT2D eigenvalue weighted by molar-refractivity contribution is 5.50.